The zero-order valence-corrected chi connectivity index (χ0v) is 19.3. The Morgan fingerprint density at radius 2 is 1.88 bits per heavy atom. The highest BCUT2D eigenvalue weighted by Crippen LogP contribution is 2.30. The third kappa shape index (κ3) is 6.41. The second-order valence-corrected chi connectivity index (χ2v) is 8.85. The minimum absolute atomic E-state index is 0.0994. The van der Waals surface area contributed by atoms with Crippen molar-refractivity contribution in [2.75, 3.05) is 19.6 Å². The Labute approximate surface area is 194 Å². The van der Waals surface area contributed by atoms with Gasteiger partial charge in [-0.2, -0.15) is 0 Å². The van der Waals surface area contributed by atoms with Crippen LogP contribution >= 0.6 is 0 Å². The van der Waals surface area contributed by atoms with Gasteiger partial charge in [-0.15, -0.1) is 0 Å². The molecule has 1 N–H and O–H groups in total. The van der Waals surface area contributed by atoms with Gasteiger partial charge in [-0.25, -0.2) is 4.79 Å². The summed E-state index contributed by atoms with van der Waals surface area (Å²) in [6.45, 7) is 10.4. The first kappa shape index (κ1) is 24.0. The van der Waals surface area contributed by atoms with E-state index in [2.05, 4.69) is 16.9 Å². The highest BCUT2D eigenvalue weighted by atomic mass is 16.6. The molecule has 1 aliphatic rings. The molecule has 3 rings (SSSR count). The fourth-order valence-corrected chi connectivity index (χ4v) is 3.47. The number of hydrogen-bond acceptors (Lipinski definition) is 5. The van der Waals surface area contributed by atoms with E-state index >= 15 is 0 Å². The number of fused-ring (bicyclic) bond motifs is 1. The van der Waals surface area contributed by atoms with Gasteiger partial charge < -0.3 is 15.0 Å². The lowest BCUT2D eigenvalue weighted by molar-refractivity contribution is -0.121. The Bertz CT molecular complexity index is 995. The second kappa shape index (κ2) is 10.3. The first-order chi connectivity index (χ1) is 15.7. The van der Waals surface area contributed by atoms with Gasteiger partial charge in [-0.1, -0.05) is 30.8 Å². The maximum absolute atomic E-state index is 12.6. The largest absolute Gasteiger partial charge is 0.444 e. The predicted molar refractivity (Wildman–Crippen MR) is 125 cm³/mol. The van der Waals surface area contributed by atoms with Crippen molar-refractivity contribution in [2.24, 2.45) is 0 Å². The lowest BCUT2D eigenvalue weighted by Crippen LogP contribution is -2.40. The Morgan fingerprint density at radius 1 is 1.15 bits per heavy atom. The molecule has 2 heterocycles. The topological polar surface area (TPSA) is 91.8 Å². The zero-order valence-electron chi connectivity index (χ0n) is 19.3. The Balaban J connectivity index is 1.50. The van der Waals surface area contributed by atoms with Crippen molar-refractivity contribution >= 4 is 23.6 Å². The molecule has 1 aromatic heterocycles. The minimum atomic E-state index is -0.610. The summed E-state index contributed by atoms with van der Waals surface area (Å²) in [5.41, 5.74) is 2.11. The van der Waals surface area contributed by atoms with Crippen molar-refractivity contribution in [3.05, 3.63) is 72.1 Å². The maximum atomic E-state index is 12.6. The lowest BCUT2D eigenvalue weighted by Gasteiger charge is -2.27. The molecule has 8 nitrogen and oxygen atoms in total. The molecule has 3 amide bonds. The molecule has 0 bridgehead atoms. The lowest BCUT2D eigenvalue weighted by atomic mass is 10.1. The fraction of sp³-hybridized carbons (Fsp3) is 0.360. The predicted octanol–water partition coefficient (Wildman–Crippen LogP) is 3.45. The first-order valence-corrected chi connectivity index (χ1v) is 10.9. The van der Waals surface area contributed by atoms with Crippen LogP contribution in [0.5, 0.6) is 0 Å². The number of amides is 3. The van der Waals surface area contributed by atoms with E-state index in [0.29, 0.717) is 37.3 Å². The molecule has 0 spiro atoms. The van der Waals surface area contributed by atoms with E-state index in [-0.39, 0.29) is 18.4 Å². The minimum Gasteiger partial charge on any atom is -0.444 e. The van der Waals surface area contributed by atoms with E-state index < -0.39 is 11.7 Å². The van der Waals surface area contributed by atoms with Gasteiger partial charge in [0.2, 0.25) is 5.91 Å². The molecule has 33 heavy (non-hydrogen) atoms. The summed E-state index contributed by atoms with van der Waals surface area (Å²) >= 11 is 0. The van der Waals surface area contributed by atoms with Gasteiger partial charge in [0.1, 0.15) is 12.1 Å². The molecule has 0 saturated heterocycles. The number of hydrogen-bond donors (Lipinski definition) is 1. The molecule has 8 heteroatoms. The number of nitrogens with one attached hydrogen (secondary N) is 1. The van der Waals surface area contributed by atoms with E-state index in [1.165, 1.54) is 4.90 Å². The number of carbonyl (C=O) groups is 3. The average molecular weight is 451 g/mol. The van der Waals surface area contributed by atoms with Crippen LogP contribution in [0, 0.1) is 0 Å². The molecule has 174 valence electrons. The van der Waals surface area contributed by atoms with Crippen LogP contribution in [0.4, 0.5) is 4.79 Å². The standard InChI is InChI=1S/C25H30N4O4/c1-18-20-10-5-6-11-21(20)23(31)29(18)17-22(30)27-13-8-14-28(24(32)33-25(2,3)4)16-19-9-7-12-26-15-19/h5-7,9-12,15H,1,8,13-14,16-17H2,2-4H3,(H,27,30). The zero-order chi connectivity index (χ0) is 24.0. The monoisotopic (exact) mass is 450 g/mol. The Kier molecular flexibility index (Phi) is 7.48. The van der Waals surface area contributed by atoms with Crippen LogP contribution in [0.15, 0.2) is 55.4 Å². The summed E-state index contributed by atoms with van der Waals surface area (Å²) in [7, 11) is 0. The van der Waals surface area contributed by atoms with Crippen LogP contribution in [0.2, 0.25) is 0 Å². The first-order valence-electron chi connectivity index (χ1n) is 10.9. The highest BCUT2D eigenvalue weighted by Gasteiger charge is 2.31. The van der Waals surface area contributed by atoms with Gasteiger partial charge >= 0.3 is 6.09 Å². The number of benzene rings is 1. The second-order valence-electron chi connectivity index (χ2n) is 8.85. The summed E-state index contributed by atoms with van der Waals surface area (Å²) in [4.78, 5) is 44.7. The normalized spacial score (nSPS) is 13.0. The van der Waals surface area contributed by atoms with Crippen molar-refractivity contribution in [3.8, 4) is 0 Å². The summed E-state index contributed by atoms with van der Waals surface area (Å²) in [6, 6.07) is 10.9. The smallest absolute Gasteiger partial charge is 0.410 e. The van der Waals surface area contributed by atoms with Gasteiger partial charge in [-0.3, -0.25) is 19.5 Å². The van der Waals surface area contributed by atoms with Gasteiger partial charge in [0.25, 0.3) is 5.91 Å². The van der Waals surface area contributed by atoms with Crippen LogP contribution in [0.1, 0.15) is 48.7 Å². The van der Waals surface area contributed by atoms with Gasteiger partial charge in [0.15, 0.2) is 0 Å². The van der Waals surface area contributed by atoms with E-state index in [9.17, 15) is 14.4 Å². The average Bonchev–Trinajstić information content (AvgIpc) is 3.00. The van der Waals surface area contributed by atoms with Crippen molar-refractivity contribution < 1.29 is 19.1 Å². The highest BCUT2D eigenvalue weighted by molar-refractivity contribution is 6.10. The van der Waals surface area contributed by atoms with Gasteiger partial charge in [0.05, 0.1) is 6.54 Å². The van der Waals surface area contributed by atoms with Crippen LogP contribution in [-0.4, -0.2) is 57.9 Å². The van der Waals surface area contributed by atoms with E-state index in [0.717, 1.165) is 11.1 Å². The third-order valence-corrected chi connectivity index (χ3v) is 5.02. The third-order valence-electron chi connectivity index (χ3n) is 5.02. The number of rotatable bonds is 8. The van der Waals surface area contributed by atoms with Gasteiger partial charge in [0, 0.05) is 42.3 Å². The summed E-state index contributed by atoms with van der Waals surface area (Å²) in [6.07, 6.45) is 3.49. The number of nitrogens with zero attached hydrogens (tertiary/aromatic N) is 3. The summed E-state index contributed by atoms with van der Waals surface area (Å²) < 4.78 is 5.52. The molecular weight excluding hydrogens is 420 g/mol. The van der Waals surface area contributed by atoms with Crippen molar-refractivity contribution in [1.82, 2.24) is 20.1 Å². The molecule has 0 saturated carbocycles. The maximum Gasteiger partial charge on any atom is 0.410 e. The van der Waals surface area contributed by atoms with Crippen LogP contribution < -0.4 is 5.32 Å². The molecular formula is C25H30N4O4. The molecule has 0 atom stereocenters. The SMILES string of the molecule is C=C1c2ccccc2C(=O)N1CC(=O)NCCCN(Cc1cccnc1)C(=O)OC(C)(C)C. The number of pyridine rings is 1. The molecule has 0 fully saturated rings. The number of ether oxygens (including phenoxy) is 1. The number of carbonyl (C=O) groups excluding carboxylic acids is 3. The summed E-state index contributed by atoms with van der Waals surface area (Å²) in [5, 5.41) is 2.82. The van der Waals surface area contributed by atoms with E-state index in [4.69, 9.17) is 4.74 Å². The van der Waals surface area contributed by atoms with E-state index in [1.807, 2.05) is 45.0 Å². The molecule has 1 aliphatic heterocycles. The van der Waals surface area contributed by atoms with Gasteiger partial charge in [-0.05, 0) is 44.9 Å². The molecule has 1 aromatic carbocycles. The fourth-order valence-electron chi connectivity index (χ4n) is 3.47. The molecule has 2 aromatic rings. The molecule has 0 unspecified atom stereocenters. The Hall–Kier alpha value is -3.68. The quantitative estimate of drug-likeness (QED) is 0.622. The van der Waals surface area contributed by atoms with Crippen molar-refractivity contribution in [3.63, 3.8) is 0 Å². The summed E-state index contributed by atoms with van der Waals surface area (Å²) in [5.74, 6) is -0.508. The van der Waals surface area contributed by atoms with Crippen LogP contribution in [0.3, 0.4) is 0 Å². The Morgan fingerprint density at radius 3 is 2.52 bits per heavy atom. The number of aromatic nitrogens is 1. The molecule has 0 radical (unpaired) electrons. The molecule has 0 aliphatic carbocycles. The van der Waals surface area contributed by atoms with Crippen molar-refractivity contribution in [2.45, 2.75) is 39.3 Å². The van der Waals surface area contributed by atoms with Crippen LogP contribution in [-0.2, 0) is 16.1 Å². The van der Waals surface area contributed by atoms with Crippen molar-refractivity contribution in [1.29, 1.82) is 0 Å². The van der Waals surface area contributed by atoms with Crippen LogP contribution in [0.25, 0.3) is 5.70 Å². The van der Waals surface area contributed by atoms with E-state index in [1.54, 1.807) is 29.4 Å².